The SMILES string of the molecule is Cc1cccc(-c2cc(O)c(F)c(F)c2)c1F. The Hall–Kier alpha value is -1.97. The molecule has 4 heteroatoms. The molecule has 0 heterocycles. The van der Waals surface area contributed by atoms with Crippen molar-refractivity contribution < 1.29 is 18.3 Å². The van der Waals surface area contributed by atoms with Gasteiger partial charge in [-0.25, -0.2) is 8.78 Å². The van der Waals surface area contributed by atoms with Gasteiger partial charge in [-0.2, -0.15) is 4.39 Å². The highest BCUT2D eigenvalue weighted by Crippen LogP contribution is 2.30. The summed E-state index contributed by atoms with van der Waals surface area (Å²) in [7, 11) is 0. The van der Waals surface area contributed by atoms with Gasteiger partial charge in [0.05, 0.1) is 0 Å². The third kappa shape index (κ3) is 1.98. The zero-order valence-corrected chi connectivity index (χ0v) is 8.97. The van der Waals surface area contributed by atoms with E-state index in [1.807, 2.05) is 0 Å². The van der Waals surface area contributed by atoms with E-state index in [9.17, 15) is 13.2 Å². The molecule has 0 spiro atoms. The van der Waals surface area contributed by atoms with Crippen LogP contribution in [-0.4, -0.2) is 5.11 Å². The predicted molar refractivity (Wildman–Crippen MR) is 58.2 cm³/mol. The van der Waals surface area contributed by atoms with Crippen molar-refractivity contribution in [1.29, 1.82) is 0 Å². The topological polar surface area (TPSA) is 20.2 Å². The van der Waals surface area contributed by atoms with E-state index in [4.69, 9.17) is 5.11 Å². The second-order valence-electron chi connectivity index (χ2n) is 3.73. The molecular weight excluding hydrogens is 229 g/mol. The van der Waals surface area contributed by atoms with Crippen molar-refractivity contribution in [3.05, 3.63) is 53.3 Å². The molecule has 0 saturated heterocycles. The maximum absolute atomic E-state index is 13.8. The summed E-state index contributed by atoms with van der Waals surface area (Å²) in [6, 6.07) is 6.46. The number of aromatic hydroxyl groups is 1. The third-order valence-electron chi connectivity index (χ3n) is 2.51. The van der Waals surface area contributed by atoms with E-state index in [2.05, 4.69) is 0 Å². The zero-order valence-electron chi connectivity index (χ0n) is 8.97. The minimum absolute atomic E-state index is 0.0996. The van der Waals surface area contributed by atoms with Gasteiger partial charge in [-0.1, -0.05) is 18.2 Å². The molecule has 88 valence electrons. The van der Waals surface area contributed by atoms with Gasteiger partial charge in [0.15, 0.2) is 17.4 Å². The molecule has 2 aromatic rings. The summed E-state index contributed by atoms with van der Waals surface area (Å²) in [6.07, 6.45) is 0. The Morgan fingerprint density at radius 2 is 1.71 bits per heavy atom. The Balaban J connectivity index is 2.65. The van der Waals surface area contributed by atoms with E-state index in [1.165, 1.54) is 6.07 Å². The number of hydrogen-bond donors (Lipinski definition) is 1. The zero-order chi connectivity index (χ0) is 12.6. The molecule has 0 saturated carbocycles. The molecule has 0 unspecified atom stereocenters. The first-order valence-electron chi connectivity index (χ1n) is 4.94. The van der Waals surface area contributed by atoms with Crippen LogP contribution in [0.2, 0.25) is 0 Å². The van der Waals surface area contributed by atoms with E-state index < -0.39 is 23.2 Å². The molecule has 0 bridgehead atoms. The number of rotatable bonds is 1. The van der Waals surface area contributed by atoms with Crippen molar-refractivity contribution in [1.82, 2.24) is 0 Å². The molecule has 1 nitrogen and oxygen atoms in total. The average Bonchev–Trinajstić information content (AvgIpc) is 2.29. The monoisotopic (exact) mass is 238 g/mol. The number of benzene rings is 2. The average molecular weight is 238 g/mol. The van der Waals surface area contributed by atoms with Crippen LogP contribution in [0.5, 0.6) is 5.75 Å². The van der Waals surface area contributed by atoms with Gasteiger partial charge < -0.3 is 5.11 Å². The summed E-state index contributed by atoms with van der Waals surface area (Å²) in [5.74, 6) is -3.89. The van der Waals surface area contributed by atoms with Crippen LogP contribution >= 0.6 is 0 Å². The minimum Gasteiger partial charge on any atom is -0.505 e. The van der Waals surface area contributed by atoms with E-state index in [0.717, 1.165) is 12.1 Å². The molecule has 0 fully saturated rings. The quantitative estimate of drug-likeness (QED) is 0.801. The number of halogens is 3. The van der Waals surface area contributed by atoms with Crippen LogP contribution in [0.25, 0.3) is 11.1 Å². The molecule has 0 aliphatic heterocycles. The molecule has 17 heavy (non-hydrogen) atoms. The first-order chi connectivity index (χ1) is 8.00. The number of aryl methyl sites for hydroxylation is 1. The highest BCUT2D eigenvalue weighted by Gasteiger charge is 2.13. The van der Waals surface area contributed by atoms with Gasteiger partial charge in [0, 0.05) is 5.56 Å². The van der Waals surface area contributed by atoms with E-state index >= 15 is 0 Å². The summed E-state index contributed by atoms with van der Waals surface area (Å²) < 4.78 is 39.7. The summed E-state index contributed by atoms with van der Waals surface area (Å²) >= 11 is 0. The van der Waals surface area contributed by atoms with Crippen LogP contribution in [0, 0.1) is 24.4 Å². The van der Waals surface area contributed by atoms with Crippen LogP contribution in [0.15, 0.2) is 30.3 Å². The van der Waals surface area contributed by atoms with Crippen LogP contribution in [0.3, 0.4) is 0 Å². The normalized spacial score (nSPS) is 10.6. The standard InChI is InChI=1S/C13H9F3O/c1-7-3-2-4-9(12(7)15)8-5-10(14)13(16)11(17)6-8/h2-6,17H,1H3. The second kappa shape index (κ2) is 4.13. The van der Waals surface area contributed by atoms with Crippen LogP contribution in [0.4, 0.5) is 13.2 Å². The molecule has 2 aromatic carbocycles. The summed E-state index contributed by atoms with van der Waals surface area (Å²) in [5.41, 5.74) is 0.619. The highest BCUT2D eigenvalue weighted by molar-refractivity contribution is 5.66. The third-order valence-corrected chi connectivity index (χ3v) is 2.51. The Labute approximate surface area is 96.1 Å². The number of phenolic OH excluding ortho intramolecular Hbond substituents is 1. The maximum Gasteiger partial charge on any atom is 0.200 e. The molecule has 2 rings (SSSR count). The molecule has 0 aliphatic carbocycles. The summed E-state index contributed by atoms with van der Waals surface area (Å²) in [4.78, 5) is 0. The van der Waals surface area contributed by atoms with E-state index in [1.54, 1.807) is 19.1 Å². The van der Waals surface area contributed by atoms with Crippen molar-refractivity contribution in [2.75, 3.05) is 0 Å². The van der Waals surface area contributed by atoms with Crippen molar-refractivity contribution in [3.8, 4) is 16.9 Å². The van der Waals surface area contributed by atoms with Crippen molar-refractivity contribution in [2.45, 2.75) is 6.92 Å². The minimum atomic E-state index is -1.33. The fraction of sp³-hybridized carbons (Fsp3) is 0.0769. The fourth-order valence-electron chi connectivity index (χ4n) is 1.60. The molecule has 0 amide bonds. The molecule has 0 aliphatic rings. The van der Waals surface area contributed by atoms with E-state index in [0.29, 0.717) is 5.56 Å². The molecule has 0 atom stereocenters. The van der Waals surface area contributed by atoms with Crippen molar-refractivity contribution in [3.63, 3.8) is 0 Å². The molecular formula is C13H9F3O. The Bertz CT molecular complexity index is 556. The van der Waals surface area contributed by atoms with Crippen LogP contribution < -0.4 is 0 Å². The van der Waals surface area contributed by atoms with Crippen LogP contribution in [-0.2, 0) is 0 Å². The smallest absolute Gasteiger partial charge is 0.200 e. The van der Waals surface area contributed by atoms with Gasteiger partial charge >= 0.3 is 0 Å². The molecule has 1 N–H and O–H groups in total. The van der Waals surface area contributed by atoms with Gasteiger partial charge in [0.1, 0.15) is 5.82 Å². The Morgan fingerprint density at radius 1 is 1.00 bits per heavy atom. The lowest BCUT2D eigenvalue weighted by molar-refractivity contribution is 0.407. The van der Waals surface area contributed by atoms with Gasteiger partial charge in [-0.05, 0) is 30.2 Å². The van der Waals surface area contributed by atoms with Gasteiger partial charge in [0.2, 0.25) is 0 Å². The van der Waals surface area contributed by atoms with Crippen molar-refractivity contribution in [2.24, 2.45) is 0 Å². The predicted octanol–water partition coefficient (Wildman–Crippen LogP) is 3.78. The van der Waals surface area contributed by atoms with Gasteiger partial charge in [-0.15, -0.1) is 0 Å². The summed E-state index contributed by atoms with van der Waals surface area (Å²) in [5, 5.41) is 9.16. The van der Waals surface area contributed by atoms with Crippen molar-refractivity contribution >= 4 is 0 Å². The van der Waals surface area contributed by atoms with Crippen LogP contribution in [0.1, 0.15) is 5.56 Å². The molecule has 0 radical (unpaired) electrons. The largest absolute Gasteiger partial charge is 0.505 e. The number of hydrogen-bond acceptors (Lipinski definition) is 1. The van der Waals surface area contributed by atoms with Gasteiger partial charge in [0.25, 0.3) is 0 Å². The first-order valence-corrected chi connectivity index (χ1v) is 4.94. The lowest BCUT2D eigenvalue weighted by Crippen LogP contribution is -1.91. The number of phenols is 1. The lowest BCUT2D eigenvalue weighted by atomic mass is 10.0. The highest BCUT2D eigenvalue weighted by atomic mass is 19.2. The second-order valence-corrected chi connectivity index (χ2v) is 3.73. The van der Waals surface area contributed by atoms with E-state index in [-0.39, 0.29) is 11.1 Å². The van der Waals surface area contributed by atoms with Gasteiger partial charge in [-0.3, -0.25) is 0 Å². The summed E-state index contributed by atoms with van der Waals surface area (Å²) in [6.45, 7) is 1.57. The lowest BCUT2D eigenvalue weighted by Gasteiger charge is -2.07. The maximum atomic E-state index is 13.8. The Morgan fingerprint density at radius 3 is 2.35 bits per heavy atom. The first kappa shape index (κ1) is 11.5. The molecule has 0 aromatic heterocycles. The Kier molecular flexibility index (Phi) is 2.79. The fourth-order valence-corrected chi connectivity index (χ4v) is 1.60.